The Bertz CT molecular complexity index is 482. The monoisotopic (exact) mass is 486 g/mol. The molecule has 0 N–H and O–H groups in total. The average molecular weight is 489 g/mol. The molecular formula is C22H34Cl2SiZr. The van der Waals surface area contributed by atoms with Crippen molar-refractivity contribution >= 4 is 34.3 Å². The van der Waals surface area contributed by atoms with E-state index >= 15 is 0 Å². The summed E-state index contributed by atoms with van der Waals surface area (Å²) in [6.07, 6.45) is 23.4. The maximum absolute atomic E-state index is 3.44. The molecule has 4 heteroatoms. The number of allylic oxidation sites excluding steroid dienone is 12. The maximum atomic E-state index is 3.44. The molecule has 3 aliphatic carbocycles. The summed E-state index contributed by atoms with van der Waals surface area (Å²) in [5, 5.41) is 0. The van der Waals surface area contributed by atoms with E-state index in [-0.39, 0.29) is 56.4 Å². The third-order valence-corrected chi connectivity index (χ3v) is 3.73. The summed E-state index contributed by atoms with van der Waals surface area (Å²) in [7, 11) is 0.750. The second-order valence-electron chi connectivity index (χ2n) is 6.21. The first kappa shape index (κ1) is 33.7. The van der Waals surface area contributed by atoms with Crippen LogP contribution in [0.5, 0.6) is 0 Å². The fourth-order valence-corrected chi connectivity index (χ4v) is 2.09. The standard InChI is InChI=1S/C10H15.2C5H5.C2H7Si.2ClH.Zr/c1-7-6-10(4,5)9(3)8(7)2;2*1-2-4-5-3-1;1-3-2;;;/h1-5H3;2*1-3H,4H2;3H,1-2H3;2*1H;/q3*-1;;;;+3. The van der Waals surface area contributed by atoms with Gasteiger partial charge in [-0.2, -0.15) is 23.3 Å². The molecule has 2 radical (unpaired) electrons. The van der Waals surface area contributed by atoms with Gasteiger partial charge in [-0.15, -0.1) is 44.6 Å². The molecule has 3 rings (SSSR count). The Morgan fingerprint density at radius 3 is 1.35 bits per heavy atom. The van der Waals surface area contributed by atoms with E-state index in [0.717, 1.165) is 22.4 Å². The van der Waals surface area contributed by atoms with Crippen LogP contribution in [0.25, 0.3) is 0 Å². The summed E-state index contributed by atoms with van der Waals surface area (Å²) in [5.74, 6) is 0. The number of hydrogen-bond acceptors (Lipinski definition) is 0. The van der Waals surface area contributed by atoms with E-state index in [2.05, 4.69) is 78.1 Å². The van der Waals surface area contributed by atoms with Crippen molar-refractivity contribution in [3.8, 4) is 0 Å². The normalized spacial score (nSPS) is 16.5. The van der Waals surface area contributed by atoms with Gasteiger partial charge in [0.1, 0.15) is 0 Å². The van der Waals surface area contributed by atoms with Crippen LogP contribution in [0.1, 0.15) is 47.5 Å². The molecule has 0 aromatic heterocycles. The summed E-state index contributed by atoms with van der Waals surface area (Å²) in [6, 6.07) is 0. The van der Waals surface area contributed by atoms with Crippen molar-refractivity contribution in [2.45, 2.75) is 60.6 Å². The van der Waals surface area contributed by atoms with E-state index < -0.39 is 0 Å². The van der Waals surface area contributed by atoms with Crippen LogP contribution in [0.15, 0.2) is 53.2 Å². The van der Waals surface area contributed by atoms with Crippen molar-refractivity contribution in [3.63, 3.8) is 0 Å². The van der Waals surface area contributed by atoms with E-state index in [1.165, 1.54) is 16.7 Å². The minimum atomic E-state index is 0. The van der Waals surface area contributed by atoms with Gasteiger partial charge in [-0.25, -0.2) is 29.9 Å². The van der Waals surface area contributed by atoms with Crippen LogP contribution < -0.4 is 0 Å². The van der Waals surface area contributed by atoms with E-state index in [0.29, 0.717) is 0 Å². The SMILES string of the molecule is CC1=[C-]C(C)(C)C(C)=C1C.C[SiH]C.Cl.Cl.[C-]1=CC=CC1.[C-]1=CC=CC1.[Zr+3]. The molecule has 0 atom stereocenters. The summed E-state index contributed by atoms with van der Waals surface area (Å²) >= 11 is 0. The Balaban J connectivity index is -0.000000131. The van der Waals surface area contributed by atoms with Crippen LogP contribution in [0.3, 0.4) is 0 Å². The smallest absolute Gasteiger partial charge is 0.273 e. The number of hydrogen-bond donors (Lipinski definition) is 0. The zero-order chi connectivity index (χ0) is 17.7. The fraction of sp³-hybridized carbons (Fsp3) is 0.455. The first-order valence-electron chi connectivity index (χ1n) is 8.34. The Morgan fingerprint density at radius 1 is 0.885 bits per heavy atom. The van der Waals surface area contributed by atoms with Gasteiger partial charge < -0.3 is 0 Å². The maximum Gasteiger partial charge on any atom is 3.00 e. The Kier molecular flexibility index (Phi) is 25.7. The number of halogens is 2. The average Bonchev–Trinajstić information content (AvgIpc) is 3.24. The minimum absolute atomic E-state index is 0. The fourth-order valence-electron chi connectivity index (χ4n) is 2.09. The predicted octanol–water partition coefficient (Wildman–Crippen LogP) is 7.08. The van der Waals surface area contributed by atoms with Crippen LogP contribution in [0.2, 0.25) is 13.1 Å². The van der Waals surface area contributed by atoms with E-state index in [4.69, 9.17) is 0 Å². The molecule has 0 heterocycles. The largest absolute Gasteiger partial charge is 3.00 e. The van der Waals surface area contributed by atoms with E-state index in [1.807, 2.05) is 24.3 Å². The van der Waals surface area contributed by atoms with Crippen molar-refractivity contribution in [2.24, 2.45) is 5.41 Å². The molecule has 0 spiro atoms. The minimum Gasteiger partial charge on any atom is -0.273 e. The van der Waals surface area contributed by atoms with Gasteiger partial charge in [0, 0.05) is 9.52 Å². The molecule has 0 aliphatic heterocycles. The molecule has 0 fully saturated rings. The van der Waals surface area contributed by atoms with Crippen LogP contribution >= 0.6 is 24.8 Å². The Labute approximate surface area is 196 Å². The van der Waals surface area contributed by atoms with Crippen molar-refractivity contribution in [3.05, 3.63) is 71.4 Å². The molecule has 26 heavy (non-hydrogen) atoms. The Hall–Kier alpha value is 0.120. The molecule has 0 bridgehead atoms. The number of rotatable bonds is 0. The summed E-state index contributed by atoms with van der Waals surface area (Å²) in [4.78, 5) is 0. The summed E-state index contributed by atoms with van der Waals surface area (Å²) in [5.41, 5.74) is 4.39. The Morgan fingerprint density at radius 2 is 1.27 bits per heavy atom. The van der Waals surface area contributed by atoms with Gasteiger partial charge in [0.05, 0.1) is 0 Å². The van der Waals surface area contributed by atoms with Gasteiger partial charge in [-0.1, -0.05) is 46.2 Å². The molecule has 0 aromatic rings. The predicted molar refractivity (Wildman–Crippen MR) is 121 cm³/mol. The topological polar surface area (TPSA) is 0 Å². The summed E-state index contributed by atoms with van der Waals surface area (Å²) < 4.78 is 0. The molecule has 0 unspecified atom stereocenters. The third-order valence-electron chi connectivity index (χ3n) is 3.73. The van der Waals surface area contributed by atoms with E-state index in [9.17, 15) is 0 Å². The van der Waals surface area contributed by atoms with Crippen molar-refractivity contribution in [1.29, 1.82) is 0 Å². The van der Waals surface area contributed by atoms with Crippen LogP contribution in [0, 0.1) is 23.6 Å². The van der Waals surface area contributed by atoms with Crippen LogP contribution in [0.4, 0.5) is 0 Å². The molecule has 144 valence electrons. The van der Waals surface area contributed by atoms with Crippen LogP contribution in [-0.4, -0.2) is 9.52 Å². The van der Waals surface area contributed by atoms with Gasteiger partial charge in [0.25, 0.3) is 0 Å². The molecule has 0 aromatic carbocycles. The van der Waals surface area contributed by atoms with Crippen LogP contribution in [-0.2, 0) is 26.2 Å². The second-order valence-corrected chi connectivity index (χ2v) is 7.36. The molecule has 0 nitrogen and oxygen atoms in total. The zero-order valence-corrected chi connectivity index (χ0v) is 22.5. The second kappa shape index (κ2) is 19.9. The third kappa shape index (κ3) is 15.2. The van der Waals surface area contributed by atoms with Crippen molar-refractivity contribution in [1.82, 2.24) is 0 Å². The van der Waals surface area contributed by atoms with E-state index in [1.54, 1.807) is 0 Å². The first-order valence-corrected chi connectivity index (χ1v) is 10.6. The van der Waals surface area contributed by atoms with Crippen molar-refractivity contribution < 1.29 is 26.2 Å². The summed E-state index contributed by atoms with van der Waals surface area (Å²) in [6.45, 7) is 15.3. The van der Waals surface area contributed by atoms with Gasteiger partial charge in [0.15, 0.2) is 0 Å². The molecule has 0 amide bonds. The molecule has 0 saturated heterocycles. The van der Waals surface area contributed by atoms with Gasteiger partial charge >= 0.3 is 26.2 Å². The van der Waals surface area contributed by atoms with Gasteiger partial charge in [0.2, 0.25) is 0 Å². The first-order chi connectivity index (χ1) is 10.9. The zero-order valence-electron chi connectivity index (χ0n) is 17.3. The van der Waals surface area contributed by atoms with Gasteiger partial charge in [-0.05, 0) is 0 Å². The van der Waals surface area contributed by atoms with Gasteiger partial charge in [-0.3, -0.25) is 18.2 Å². The quantitative estimate of drug-likeness (QED) is 0.252. The molecule has 3 aliphatic rings. The van der Waals surface area contributed by atoms with Crippen molar-refractivity contribution in [2.75, 3.05) is 0 Å². The molecule has 0 saturated carbocycles. The molecular weight excluding hydrogens is 454 g/mol.